The summed E-state index contributed by atoms with van der Waals surface area (Å²) in [5, 5.41) is 10.6. The van der Waals surface area contributed by atoms with Crippen molar-refractivity contribution in [1.29, 1.82) is 0 Å². The van der Waals surface area contributed by atoms with Crippen molar-refractivity contribution in [3.8, 4) is 0 Å². The number of hydrogen-bond acceptors (Lipinski definition) is 3. The lowest BCUT2D eigenvalue weighted by Crippen LogP contribution is -2.24. The summed E-state index contributed by atoms with van der Waals surface area (Å²) in [7, 11) is 0. The van der Waals surface area contributed by atoms with E-state index in [1.54, 1.807) is 30.5 Å². The van der Waals surface area contributed by atoms with E-state index in [4.69, 9.17) is 23.2 Å². The van der Waals surface area contributed by atoms with Gasteiger partial charge in [-0.15, -0.1) is 11.8 Å². The molecule has 1 heterocycles. The van der Waals surface area contributed by atoms with E-state index < -0.39 is 0 Å². The smallest absolute Gasteiger partial charge is 0.230 e. The molecule has 0 spiro atoms. The van der Waals surface area contributed by atoms with E-state index in [-0.39, 0.29) is 11.7 Å². The molecule has 0 unspecified atom stereocenters. The average Bonchev–Trinajstić information content (AvgIpc) is 2.90. The van der Waals surface area contributed by atoms with Crippen molar-refractivity contribution in [2.24, 2.45) is 0 Å². The minimum absolute atomic E-state index is 0.0735. The van der Waals surface area contributed by atoms with Crippen molar-refractivity contribution in [1.82, 2.24) is 15.5 Å². The fourth-order valence-electron chi connectivity index (χ4n) is 1.36. The van der Waals surface area contributed by atoms with Gasteiger partial charge in [0, 0.05) is 16.1 Å². The Labute approximate surface area is 124 Å². The van der Waals surface area contributed by atoms with Gasteiger partial charge in [0.2, 0.25) is 5.91 Å². The summed E-state index contributed by atoms with van der Waals surface area (Å²) < 4.78 is 0. The van der Waals surface area contributed by atoms with Crippen LogP contribution in [0.1, 0.15) is 5.69 Å². The van der Waals surface area contributed by atoms with E-state index in [9.17, 15) is 4.79 Å². The largest absolute Gasteiger partial charge is 0.350 e. The molecule has 0 bridgehead atoms. The lowest BCUT2D eigenvalue weighted by molar-refractivity contribution is -0.118. The molecule has 7 heteroatoms. The third-order valence-corrected chi connectivity index (χ3v) is 4.02. The van der Waals surface area contributed by atoms with Gasteiger partial charge >= 0.3 is 0 Å². The molecule has 0 saturated carbocycles. The third-order valence-electron chi connectivity index (χ3n) is 2.29. The summed E-state index contributed by atoms with van der Waals surface area (Å²) in [5.74, 6) is 0.212. The highest BCUT2D eigenvalue weighted by atomic mass is 35.5. The summed E-state index contributed by atoms with van der Waals surface area (Å²) in [6, 6.07) is 6.99. The number of H-pyrrole nitrogens is 1. The third kappa shape index (κ3) is 4.45. The van der Waals surface area contributed by atoms with Crippen LogP contribution in [-0.2, 0) is 11.3 Å². The Hall–Kier alpha value is -1.17. The number of hydrogen-bond donors (Lipinski definition) is 2. The van der Waals surface area contributed by atoms with E-state index in [0.29, 0.717) is 16.6 Å². The molecule has 2 aromatic rings. The maximum absolute atomic E-state index is 11.7. The zero-order valence-electron chi connectivity index (χ0n) is 9.82. The zero-order valence-corrected chi connectivity index (χ0v) is 12.1. The molecule has 1 aromatic carbocycles. The Morgan fingerprint density at radius 2 is 2.21 bits per heavy atom. The van der Waals surface area contributed by atoms with Crippen LogP contribution < -0.4 is 5.32 Å². The van der Waals surface area contributed by atoms with Gasteiger partial charge in [0.15, 0.2) is 0 Å². The van der Waals surface area contributed by atoms with Crippen molar-refractivity contribution in [2.75, 3.05) is 5.75 Å². The van der Waals surface area contributed by atoms with E-state index >= 15 is 0 Å². The minimum Gasteiger partial charge on any atom is -0.350 e. The van der Waals surface area contributed by atoms with Gasteiger partial charge in [0.25, 0.3) is 0 Å². The van der Waals surface area contributed by atoms with Gasteiger partial charge < -0.3 is 5.32 Å². The van der Waals surface area contributed by atoms with Crippen LogP contribution in [0.25, 0.3) is 0 Å². The van der Waals surface area contributed by atoms with Crippen molar-refractivity contribution in [2.45, 2.75) is 11.4 Å². The molecule has 0 atom stereocenters. The maximum atomic E-state index is 11.7. The molecule has 1 aromatic heterocycles. The topological polar surface area (TPSA) is 57.8 Å². The highest BCUT2D eigenvalue weighted by Crippen LogP contribution is 2.29. The second-order valence-electron chi connectivity index (χ2n) is 3.72. The summed E-state index contributed by atoms with van der Waals surface area (Å²) in [4.78, 5) is 12.5. The van der Waals surface area contributed by atoms with Crippen molar-refractivity contribution in [3.05, 3.63) is 46.2 Å². The van der Waals surface area contributed by atoms with Crippen LogP contribution in [0, 0.1) is 0 Å². The number of aromatic amines is 1. The fourth-order valence-corrected chi connectivity index (χ4v) is 2.68. The van der Waals surface area contributed by atoms with Gasteiger partial charge in [-0.1, -0.05) is 23.2 Å². The Bertz CT molecular complexity index is 560. The van der Waals surface area contributed by atoms with Crippen LogP contribution in [0.4, 0.5) is 0 Å². The molecule has 0 aliphatic rings. The van der Waals surface area contributed by atoms with Gasteiger partial charge in [-0.05, 0) is 24.3 Å². The standard InChI is InChI=1S/C12H11Cl2N3OS/c13-8-1-2-10(14)11(5-8)19-7-12(18)15-6-9-3-4-16-17-9/h1-5H,6-7H2,(H,15,18)(H,16,17). The SMILES string of the molecule is O=C(CSc1cc(Cl)ccc1Cl)NCc1ccn[nH]1. The number of aromatic nitrogens is 2. The van der Waals surface area contributed by atoms with Gasteiger partial charge in [-0.25, -0.2) is 0 Å². The predicted molar refractivity (Wildman–Crippen MR) is 77.6 cm³/mol. The first-order chi connectivity index (χ1) is 9.15. The first-order valence-electron chi connectivity index (χ1n) is 5.48. The Balaban J connectivity index is 1.81. The first kappa shape index (κ1) is 14.2. The fraction of sp³-hybridized carbons (Fsp3) is 0.167. The molecular weight excluding hydrogens is 305 g/mol. The highest BCUT2D eigenvalue weighted by Gasteiger charge is 2.06. The number of benzene rings is 1. The lowest BCUT2D eigenvalue weighted by atomic mass is 10.4. The van der Waals surface area contributed by atoms with Crippen LogP contribution in [0.5, 0.6) is 0 Å². The summed E-state index contributed by atoms with van der Waals surface area (Å²) >= 11 is 13.2. The van der Waals surface area contributed by atoms with Crippen LogP contribution in [-0.4, -0.2) is 21.9 Å². The quantitative estimate of drug-likeness (QED) is 0.833. The van der Waals surface area contributed by atoms with Crippen LogP contribution in [0.3, 0.4) is 0 Å². The summed E-state index contributed by atoms with van der Waals surface area (Å²) in [5.41, 5.74) is 0.860. The molecule has 0 radical (unpaired) electrons. The molecule has 19 heavy (non-hydrogen) atoms. The number of nitrogens with one attached hydrogen (secondary N) is 2. The predicted octanol–water partition coefficient (Wildman–Crippen LogP) is 3.13. The van der Waals surface area contributed by atoms with Crippen molar-refractivity contribution < 1.29 is 4.79 Å². The maximum Gasteiger partial charge on any atom is 0.230 e. The highest BCUT2D eigenvalue weighted by molar-refractivity contribution is 8.00. The molecule has 100 valence electrons. The van der Waals surface area contributed by atoms with E-state index in [1.807, 2.05) is 0 Å². The molecule has 1 amide bonds. The van der Waals surface area contributed by atoms with Crippen LogP contribution in [0.2, 0.25) is 10.0 Å². The number of rotatable bonds is 5. The molecule has 0 aliphatic carbocycles. The second-order valence-corrected chi connectivity index (χ2v) is 5.58. The molecular formula is C12H11Cl2N3OS. The van der Waals surface area contributed by atoms with Crippen LogP contribution >= 0.6 is 35.0 Å². The Kier molecular flexibility index (Phi) is 5.13. The van der Waals surface area contributed by atoms with Gasteiger partial charge in [-0.3, -0.25) is 9.89 Å². The van der Waals surface area contributed by atoms with Gasteiger partial charge in [0.05, 0.1) is 23.0 Å². The molecule has 2 rings (SSSR count). The number of thioether (sulfide) groups is 1. The van der Waals surface area contributed by atoms with E-state index in [1.165, 1.54) is 11.8 Å². The van der Waals surface area contributed by atoms with Gasteiger partial charge in [0.1, 0.15) is 0 Å². The molecule has 4 nitrogen and oxygen atoms in total. The summed E-state index contributed by atoms with van der Waals surface area (Å²) in [6.07, 6.45) is 1.64. The van der Waals surface area contributed by atoms with Crippen molar-refractivity contribution >= 4 is 40.9 Å². The van der Waals surface area contributed by atoms with Gasteiger partial charge in [-0.2, -0.15) is 5.10 Å². The molecule has 0 saturated heterocycles. The molecule has 0 fully saturated rings. The van der Waals surface area contributed by atoms with Crippen molar-refractivity contribution in [3.63, 3.8) is 0 Å². The normalized spacial score (nSPS) is 10.4. The number of amides is 1. The van der Waals surface area contributed by atoms with E-state index in [2.05, 4.69) is 15.5 Å². The number of carbonyl (C=O) groups excluding carboxylic acids is 1. The first-order valence-corrected chi connectivity index (χ1v) is 7.22. The minimum atomic E-state index is -0.0735. The number of carbonyl (C=O) groups is 1. The summed E-state index contributed by atoms with van der Waals surface area (Å²) in [6.45, 7) is 0.433. The number of nitrogens with zero attached hydrogens (tertiary/aromatic N) is 1. The Morgan fingerprint density at radius 1 is 1.37 bits per heavy atom. The second kappa shape index (κ2) is 6.84. The lowest BCUT2D eigenvalue weighted by Gasteiger charge is -2.05. The molecule has 2 N–H and O–H groups in total. The number of halogens is 2. The Morgan fingerprint density at radius 3 is 2.95 bits per heavy atom. The zero-order chi connectivity index (χ0) is 13.7. The monoisotopic (exact) mass is 315 g/mol. The molecule has 0 aliphatic heterocycles. The van der Waals surface area contributed by atoms with E-state index in [0.717, 1.165) is 10.6 Å². The van der Waals surface area contributed by atoms with Crippen LogP contribution in [0.15, 0.2) is 35.4 Å². The average molecular weight is 316 g/mol.